The normalized spacial score (nSPS) is 36.1. The van der Waals surface area contributed by atoms with E-state index in [4.69, 9.17) is 0 Å². The molecule has 0 aliphatic heterocycles. The molecule has 3 aliphatic carbocycles. The first kappa shape index (κ1) is 26.1. The van der Waals surface area contributed by atoms with Gasteiger partial charge in [-0.2, -0.15) is 0 Å². The molecule has 6 atom stereocenters. The average Bonchev–Trinajstić information content (AvgIpc) is 2.77. The van der Waals surface area contributed by atoms with Crippen LogP contribution in [0.1, 0.15) is 69.7 Å². The molecule has 8 heteroatoms. The number of aliphatic hydroxyl groups is 4. The van der Waals surface area contributed by atoms with Crippen molar-refractivity contribution >= 4 is 23.1 Å². The molecule has 1 aromatic carbocycles. The summed E-state index contributed by atoms with van der Waals surface area (Å²) in [6, 6.07) is 1.78. The van der Waals surface area contributed by atoms with Gasteiger partial charge in [0.25, 0.3) is 0 Å². The Hall–Kier alpha value is -2.97. The van der Waals surface area contributed by atoms with Crippen LogP contribution in [0.2, 0.25) is 0 Å². The number of ketones is 3. The first-order valence-electron chi connectivity index (χ1n) is 12.1. The highest BCUT2D eigenvalue weighted by Crippen LogP contribution is 2.67. The van der Waals surface area contributed by atoms with Crippen molar-refractivity contribution in [2.75, 3.05) is 0 Å². The maximum absolute atomic E-state index is 14.3. The van der Waals surface area contributed by atoms with Gasteiger partial charge in [0, 0.05) is 16.7 Å². The Bertz CT molecular complexity index is 1320. The quantitative estimate of drug-likeness (QED) is 0.389. The van der Waals surface area contributed by atoms with Gasteiger partial charge < -0.3 is 25.5 Å². The van der Waals surface area contributed by atoms with E-state index >= 15 is 0 Å². The van der Waals surface area contributed by atoms with Crippen molar-refractivity contribution in [1.82, 2.24) is 0 Å². The summed E-state index contributed by atoms with van der Waals surface area (Å²) >= 11 is 0. The molecule has 36 heavy (non-hydrogen) atoms. The summed E-state index contributed by atoms with van der Waals surface area (Å²) in [6.45, 7) is 12.6. The van der Waals surface area contributed by atoms with Gasteiger partial charge >= 0.3 is 0 Å². The molecule has 3 aliphatic rings. The molecule has 0 spiro atoms. The Kier molecular flexibility index (Phi) is 5.45. The second kappa shape index (κ2) is 7.52. The van der Waals surface area contributed by atoms with Crippen molar-refractivity contribution in [1.29, 1.82) is 0 Å². The number of aromatic hydroxyl groups is 1. The average molecular weight is 499 g/mol. The number of phenolic OH excluding ortho intramolecular Hbond substituents is 1. The van der Waals surface area contributed by atoms with Crippen LogP contribution in [-0.2, 0) is 14.4 Å². The lowest BCUT2D eigenvalue weighted by atomic mass is 9.40. The number of allylic oxidation sites excluding steroid dienone is 1. The number of benzene rings is 1. The van der Waals surface area contributed by atoms with Crippen LogP contribution in [0.3, 0.4) is 0 Å². The third kappa shape index (κ3) is 2.59. The zero-order valence-corrected chi connectivity index (χ0v) is 21.8. The number of hydrogen-bond donors (Lipinski definition) is 5. The molecule has 0 radical (unpaired) electrons. The monoisotopic (exact) mass is 498 g/mol. The van der Waals surface area contributed by atoms with Gasteiger partial charge in [-0.1, -0.05) is 40.7 Å². The van der Waals surface area contributed by atoms with E-state index in [-0.39, 0.29) is 16.9 Å². The van der Waals surface area contributed by atoms with Gasteiger partial charge in [-0.05, 0) is 49.3 Å². The number of carbonyl (C=O) groups is 3. The highest BCUT2D eigenvalue weighted by atomic mass is 16.4. The van der Waals surface area contributed by atoms with E-state index < -0.39 is 74.7 Å². The molecule has 194 valence electrons. The summed E-state index contributed by atoms with van der Waals surface area (Å²) in [5.41, 5.74) is -5.59. The minimum absolute atomic E-state index is 0.0217. The van der Waals surface area contributed by atoms with Gasteiger partial charge in [0.15, 0.2) is 17.2 Å². The lowest BCUT2D eigenvalue weighted by Gasteiger charge is -2.63. The fourth-order valence-electron chi connectivity index (χ4n) is 7.23. The number of aliphatic hydroxyl groups excluding tert-OH is 3. The zero-order chi connectivity index (χ0) is 27.4. The van der Waals surface area contributed by atoms with Crippen molar-refractivity contribution in [3.8, 4) is 5.75 Å². The molecular formula is C28H34O8. The summed E-state index contributed by atoms with van der Waals surface area (Å²) in [4.78, 5) is 40.2. The number of carbonyl (C=O) groups excluding carboxylic acids is 3. The lowest BCUT2D eigenvalue weighted by molar-refractivity contribution is -0.215. The molecule has 1 fully saturated rings. The summed E-state index contributed by atoms with van der Waals surface area (Å²) in [5.74, 6) is -7.00. The Morgan fingerprint density at radius 3 is 2.14 bits per heavy atom. The van der Waals surface area contributed by atoms with E-state index in [2.05, 4.69) is 0 Å². The molecule has 5 N–H and O–H groups in total. The Labute approximate surface area is 210 Å². The molecule has 8 nitrogen and oxygen atoms in total. The topological polar surface area (TPSA) is 152 Å². The van der Waals surface area contributed by atoms with Gasteiger partial charge in [0.2, 0.25) is 5.78 Å². The van der Waals surface area contributed by atoms with Crippen molar-refractivity contribution in [2.24, 2.45) is 22.7 Å². The van der Waals surface area contributed by atoms with E-state index in [1.165, 1.54) is 6.92 Å². The second-order valence-electron chi connectivity index (χ2n) is 11.4. The van der Waals surface area contributed by atoms with Crippen LogP contribution >= 0.6 is 0 Å². The summed E-state index contributed by atoms with van der Waals surface area (Å²) in [5, 5.41) is 57.7. The van der Waals surface area contributed by atoms with E-state index in [0.29, 0.717) is 11.1 Å². The lowest BCUT2D eigenvalue weighted by Crippen LogP contribution is -2.75. The number of fused-ring (bicyclic) bond motifs is 3. The smallest absolute Gasteiger partial charge is 0.203 e. The van der Waals surface area contributed by atoms with Crippen LogP contribution in [0.5, 0.6) is 5.75 Å². The Morgan fingerprint density at radius 1 is 1.08 bits per heavy atom. The highest BCUT2D eigenvalue weighted by molar-refractivity contribution is 6.24. The summed E-state index contributed by atoms with van der Waals surface area (Å²) in [7, 11) is 0. The first-order valence-corrected chi connectivity index (χ1v) is 12.1. The van der Waals surface area contributed by atoms with E-state index in [1.807, 2.05) is 0 Å². The van der Waals surface area contributed by atoms with Gasteiger partial charge in [-0.15, -0.1) is 0 Å². The number of aryl methyl sites for hydroxylation is 1. The zero-order valence-electron chi connectivity index (χ0n) is 21.8. The predicted molar refractivity (Wildman–Crippen MR) is 131 cm³/mol. The maximum atomic E-state index is 14.3. The van der Waals surface area contributed by atoms with E-state index in [0.717, 1.165) is 12.5 Å². The maximum Gasteiger partial charge on any atom is 0.203 e. The number of Topliss-reactive ketones (excluding diaryl/α,β-unsaturated/α-hetero) is 3. The number of phenols is 1. The molecule has 1 saturated carbocycles. The molecule has 1 unspecified atom stereocenters. The number of hydrogen-bond acceptors (Lipinski definition) is 8. The molecule has 0 amide bonds. The second-order valence-corrected chi connectivity index (χ2v) is 11.4. The third-order valence-electron chi connectivity index (χ3n) is 9.47. The predicted octanol–water partition coefficient (Wildman–Crippen LogP) is 3.34. The minimum Gasteiger partial charge on any atom is -0.508 e. The van der Waals surface area contributed by atoms with Gasteiger partial charge in [0.1, 0.15) is 22.8 Å². The van der Waals surface area contributed by atoms with Crippen LogP contribution in [0.4, 0.5) is 0 Å². The van der Waals surface area contributed by atoms with Gasteiger partial charge in [-0.25, -0.2) is 0 Å². The van der Waals surface area contributed by atoms with Crippen LogP contribution in [0.15, 0.2) is 23.0 Å². The summed E-state index contributed by atoms with van der Waals surface area (Å²) in [6.07, 6.45) is -1.62. The van der Waals surface area contributed by atoms with Crippen molar-refractivity contribution in [3.63, 3.8) is 0 Å². The molecule has 4 rings (SSSR count). The number of rotatable bonds is 2. The SMILES string of the molecule is CC(=O)C1=C(O)[C@]2(O)C(=O)C3=C(O)c4c(cc(C)c(C)c4O)[C@@H](C)[C@]3(C)[C@@H](O)[C@]2(C)C(C(C)C)C1=O. The largest absolute Gasteiger partial charge is 0.508 e. The van der Waals surface area contributed by atoms with Crippen molar-refractivity contribution in [3.05, 3.63) is 45.2 Å². The van der Waals surface area contributed by atoms with Gasteiger partial charge in [-0.3, -0.25) is 14.4 Å². The molecule has 0 heterocycles. The van der Waals surface area contributed by atoms with Crippen molar-refractivity contribution in [2.45, 2.75) is 73.0 Å². The Balaban J connectivity index is 2.19. The van der Waals surface area contributed by atoms with Crippen molar-refractivity contribution < 1.29 is 39.9 Å². The van der Waals surface area contributed by atoms with E-state index in [1.54, 1.807) is 47.6 Å². The van der Waals surface area contributed by atoms with Crippen LogP contribution < -0.4 is 0 Å². The summed E-state index contributed by atoms with van der Waals surface area (Å²) < 4.78 is 0. The molecule has 1 aromatic rings. The van der Waals surface area contributed by atoms with Crippen LogP contribution in [0, 0.1) is 36.5 Å². The van der Waals surface area contributed by atoms with Gasteiger partial charge in [0.05, 0.1) is 17.2 Å². The fourth-order valence-corrected chi connectivity index (χ4v) is 7.23. The Morgan fingerprint density at radius 2 is 1.64 bits per heavy atom. The molecule has 0 bridgehead atoms. The van der Waals surface area contributed by atoms with Crippen LogP contribution in [-0.4, -0.2) is 54.6 Å². The van der Waals surface area contributed by atoms with Crippen LogP contribution in [0.25, 0.3) is 5.76 Å². The highest BCUT2D eigenvalue weighted by Gasteiger charge is 2.77. The fraction of sp³-hybridized carbons (Fsp3) is 0.536. The third-order valence-corrected chi connectivity index (χ3v) is 9.47. The van der Waals surface area contributed by atoms with E-state index in [9.17, 15) is 39.9 Å². The standard InChI is InChI=1S/C28H34O8/c1-10(2)18-21(31)16(14(6)29)23(33)28(36)24(34)19-22(32)17-15(9-11(3)12(4)20(17)30)13(5)26(19,7)25(35)27(18,28)8/h9-10,13,18,25,30,32-33,35-36H,1-8H3/t13-,18?,25-,26+,27+,28+/m1/s1. The first-order chi connectivity index (χ1) is 16.4. The molecule has 0 aromatic heterocycles. The molecule has 0 saturated heterocycles. The molecular weight excluding hydrogens is 464 g/mol. The minimum atomic E-state index is -2.87.